The second-order valence-corrected chi connectivity index (χ2v) is 4.75. The Hall–Kier alpha value is -1.97. The minimum atomic E-state index is 0.386. The van der Waals surface area contributed by atoms with Crippen LogP contribution in [0.1, 0.15) is 33.2 Å². The fourth-order valence-electron chi connectivity index (χ4n) is 1.81. The molecule has 102 valence electrons. The molecule has 0 saturated heterocycles. The molecule has 4 heteroatoms. The Bertz CT molecular complexity index is 502. The predicted molar refractivity (Wildman–Crippen MR) is 78.1 cm³/mol. The highest BCUT2D eigenvalue weighted by Crippen LogP contribution is 2.21. The van der Waals surface area contributed by atoms with Crippen molar-refractivity contribution in [2.24, 2.45) is 0 Å². The molecule has 19 heavy (non-hydrogen) atoms. The highest BCUT2D eigenvalue weighted by atomic mass is 16.5. The highest BCUT2D eigenvalue weighted by Gasteiger charge is 2.05. The summed E-state index contributed by atoms with van der Waals surface area (Å²) in [7, 11) is 0. The normalized spacial score (nSPS) is 10.7. The molecule has 0 aliphatic carbocycles. The van der Waals surface area contributed by atoms with Crippen molar-refractivity contribution in [2.45, 2.75) is 33.2 Å². The van der Waals surface area contributed by atoms with Crippen molar-refractivity contribution >= 4 is 11.6 Å². The summed E-state index contributed by atoms with van der Waals surface area (Å²) >= 11 is 0. The van der Waals surface area contributed by atoms with E-state index in [9.17, 15) is 0 Å². The van der Waals surface area contributed by atoms with E-state index < -0.39 is 0 Å². The smallest absolute Gasteiger partial charge is 0.207 e. The topological polar surface area (TPSA) is 39.1 Å². The summed E-state index contributed by atoms with van der Waals surface area (Å²) in [6.07, 6.45) is 4.80. The van der Waals surface area contributed by atoms with Crippen LogP contribution < -0.4 is 10.1 Å². The van der Waals surface area contributed by atoms with Gasteiger partial charge >= 0.3 is 0 Å². The van der Waals surface area contributed by atoms with E-state index in [1.807, 2.05) is 30.5 Å². The molecule has 2 aromatic rings. The van der Waals surface area contributed by atoms with Crippen LogP contribution in [0.3, 0.4) is 0 Å². The average molecular weight is 259 g/mol. The molecule has 0 aliphatic rings. The zero-order chi connectivity index (χ0) is 13.7. The van der Waals surface area contributed by atoms with Crippen molar-refractivity contribution in [3.05, 3.63) is 36.7 Å². The van der Waals surface area contributed by atoms with Crippen LogP contribution in [-0.4, -0.2) is 16.2 Å². The second-order valence-electron chi connectivity index (χ2n) is 4.75. The van der Waals surface area contributed by atoms with Gasteiger partial charge in [-0.25, -0.2) is 4.98 Å². The number of ether oxygens (including phenoxy) is 1. The molecule has 0 fully saturated rings. The molecule has 2 rings (SSSR count). The van der Waals surface area contributed by atoms with Gasteiger partial charge in [0.1, 0.15) is 5.75 Å². The fraction of sp³-hybridized carbons (Fsp3) is 0.400. The lowest BCUT2D eigenvalue weighted by Crippen LogP contribution is -2.05. The maximum Gasteiger partial charge on any atom is 0.207 e. The fourth-order valence-corrected chi connectivity index (χ4v) is 1.81. The first-order valence-electron chi connectivity index (χ1n) is 6.73. The lowest BCUT2D eigenvalue weighted by molar-refractivity contribution is 0.317. The summed E-state index contributed by atoms with van der Waals surface area (Å²) in [4.78, 5) is 4.33. The van der Waals surface area contributed by atoms with Gasteiger partial charge in [-0.1, -0.05) is 6.92 Å². The van der Waals surface area contributed by atoms with Crippen LogP contribution in [0.25, 0.3) is 0 Å². The van der Waals surface area contributed by atoms with Gasteiger partial charge in [-0.15, -0.1) is 0 Å². The van der Waals surface area contributed by atoms with Crippen molar-refractivity contribution in [3.63, 3.8) is 0 Å². The molecular formula is C15H21N3O. The summed E-state index contributed by atoms with van der Waals surface area (Å²) in [5.41, 5.74) is 1.01. The van der Waals surface area contributed by atoms with Gasteiger partial charge in [-0.2, -0.15) is 0 Å². The molecule has 0 radical (unpaired) electrons. The van der Waals surface area contributed by atoms with Crippen LogP contribution in [0.2, 0.25) is 0 Å². The third kappa shape index (κ3) is 3.50. The Balaban J connectivity index is 2.04. The standard InChI is InChI=1S/C15H21N3O/c1-4-11-19-14-7-5-13(6-8-14)17-15-16-9-10-18(15)12(2)3/h5-10,12H,4,11H2,1-3H3,(H,16,17). The van der Waals surface area contributed by atoms with Crippen LogP contribution in [0.5, 0.6) is 5.75 Å². The largest absolute Gasteiger partial charge is 0.494 e. The van der Waals surface area contributed by atoms with E-state index in [2.05, 4.69) is 35.6 Å². The number of anilines is 2. The third-order valence-corrected chi connectivity index (χ3v) is 2.81. The lowest BCUT2D eigenvalue weighted by Gasteiger charge is -2.13. The van der Waals surface area contributed by atoms with E-state index >= 15 is 0 Å². The first kappa shape index (κ1) is 13.5. The number of hydrogen-bond acceptors (Lipinski definition) is 3. The third-order valence-electron chi connectivity index (χ3n) is 2.81. The maximum atomic E-state index is 5.56. The van der Waals surface area contributed by atoms with Gasteiger partial charge < -0.3 is 14.6 Å². The Morgan fingerprint density at radius 3 is 2.63 bits per heavy atom. The molecular weight excluding hydrogens is 238 g/mol. The summed E-state index contributed by atoms with van der Waals surface area (Å²) in [6.45, 7) is 7.12. The molecule has 1 aromatic heterocycles. The summed E-state index contributed by atoms with van der Waals surface area (Å²) < 4.78 is 7.66. The summed E-state index contributed by atoms with van der Waals surface area (Å²) in [5, 5.41) is 3.31. The maximum absolute atomic E-state index is 5.56. The van der Waals surface area contributed by atoms with Gasteiger partial charge in [0, 0.05) is 24.1 Å². The van der Waals surface area contributed by atoms with Gasteiger partial charge in [-0.05, 0) is 44.5 Å². The van der Waals surface area contributed by atoms with Gasteiger partial charge in [-0.3, -0.25) is 0 Å². The highest BCUT2D eigenvalue weighted by molar-refractivity contribution is 5.55. The molecule has 0 spiro atoms. The molecule has 0 aliphatic heterocycles. The lowest BCUT2D eigenvalue weighted by atomic mass is 10.3. The van der Waals surface area contributed by atoms with Gasteiger partial charge in [0.15, 0.2) is 0 Å². The monoisotopic (exact) mass is 259 g/mol. The number of aromatic nitrogens is 2. The van der Waals surface area contributed by atoms with Crippen molar-refractivity contribution in [3.8, 4) is 5.75 Å². The van der Waals surface area contributed by atoms with E-state index in [-0.39, 0.29) is 0 Å². The number of hydrogen-bond donors (Lipinski definition) is 1. The summed E-state index contributed by atoms with van der Waals surface area (Å²) in [6, 6.07) is 8.34. The van der Waals surface area contributed by atoms with E-state index in [1.54, 1.807) is 6.20 Å². The van der Waals surface area contributed by atoms with E-state index in [0.717, 1.165) is 30.4 Å². The first-order chi connectivity index (χ1) is 9.20. The van der Waals surface area contributed by atoms with Crippen molar-refractivity contribution in [2.75, 3.05) is 11.9 Å². The number of rotatable bonds is 6. The molecule has 0 unspecified atom stereocenters. The van der Waals surface area contributed by atoms with Crippen molar-refractivity contribution < 1.29 is 4.74 Å². The molecule has 0 amide bonds. The molecule has 1 heterocycles. The molecule has 1 aromatic carbocycles. The zero-order valence-corrected chi connectivity index (χ0v) is 11.8. The number of nitrogens with zero attached hydrogens (tertiary/aromatic N) is 2. The van der Waals surface area contributed by atoms with Gasteiger partial charge in [0.05, 0.1) is 6.61 Å². The second kappa shape index (κ2) is 6.27. The Kier molecular flexibility index (Phi) is 4.44. The average Bonchev–Trinajstić information content (AvgIpc) is 2.86. The molecule has 4 nitrogen and oxygen atoms in total. The Labute approximate surface area is 114 Å². The minimum Gasteiger partial charge on any atom is -0.494 e. The first-order valence-corrected chi connectivity index (χ1v) is 6.73. The van der Waals surface area contributed by atoms with Crippen molar-refractivity contribution in [1.82, 2.24) is 9.55 Å². The van der Waals surface area contributed by atoms with Crippen LogP contribution in [0.15, 0.2) is 36.7 Å². The van der Waals surface area contributed by atoms with Gasteiger partial charge in [0.25, 0.3) is 0 Å². The molecule has 0 atom stereocenters. The van der Waals surface area contributed by atoms with E-state index in [4.69, 9.17) is 4.74 Å². The Morgan fingerprint density at radius 1 is 1.26 bits per heavy atom. The van der Waals surface area contributed by atoms with E-state index in [1.165, 1.54) is 0 Å². The number of benzene rings is 1. The number of imidazole rings is 1. The van der Waals surface area contributed by atoms with Crippen LogP contribution in [0, 0.1) is 0 Å². The van der Waals surface area contributed by atoms with E-state index in [0.29, 0.717) is 6.04 Å². The summed E-state index contributed by atoms with van der Waals surface area (Å²) in [5.74, 6) is 1.76. The van der Waals surface area contributed by atoms with Crippen LogP contribution in [0.4, 0.5) is 11.6 Å². The van der Waals surface area contributed by atoms with Crippen LogP contribution in [-0.2, 0) is 0 Å². The van der Waals surface area contributed by atoms with Crippen LogP contribution >= 0.6 is 0 Å². The Morgan fingerprint density at radius 2 is 2.00 bits per heavy atom. The molecule has 1 N–H and O–H groups in total. The van der Waals surface area contributed by atoms with Crippen molar-refractivity contribution in [1.29, 1.82) is 0 Å². The molecule has 0 bridgehead atoms. The number of nitrogens with one attached hydrogen (secondary N) is 1. The predicted octanol–water partition coefficient (Wildman–Crippen LogP) is 4.00. The molecule has 0 saturated carbocycles. The zero-order valence-electron chi connectivity index (χ0n) is 11.8. The SMILES string of the molecule is CCCOc1ccc(Nc2nccn2C(C)C)cc1. The quantitative estimate of drug-likeness (QED) is 0.852. The van der Waals surface area contributed by atoms with Gasteiger partial charge in [0.2, 0.25) is 5.95 Å². The minimum absolute atomic E-state index is 0.386.